The van der Waals surface area contributed by atoms with Crippen LogP contribution in [0.4, 0.5) is 0 Å². The maximum atomic E-state index is 10.7. The Morgan fingerprint density at radius 3 is 2.71 bits per heavy atom. The van der Waals surface area contributed by atoms with Gasteiger partial charge in [-0.1, -0.05) is 19.1 Å². The maximum Gasteiger partial charge on any atom is 0.221 e. The van der Waals surface area contributed by atoms with E-state index in [0.717, 1.165) is 23.3 Å². The van der Waals surface area contributed by atoms with Gasteiger partial charge >= 0.3 is 0 Å². The lowest BCUT2D eigenvalue weighted by Gasteiger charge is -2.08. The van der Waals surface area contributed by atoms with Gasteiger partial charge < -0.3 is 10.5 Å². The quantitative estimate of drug-likeness (QED) is 0.783. The minimum atomic E-state index is -0.308. The fourth-order valence-corrected chi connectivity index (χ4v) is 1.42. The van der Waals surface area contributed by atoms with Crippen molar-refractivity contribution in [1.82, 2.24) is 0 Å². The SMILES string of the molecule is CCc1cc(CC(N)=O)ccc1OC. The Hall–Kier alpha value is -1.51. The first-order chi connectivity index (χ1) is 6.67. The van der Waals surface area contributed by atoms with Crippen LogP contribution in [-0.2, 0) is 17.6 Å². The van der Waals surface area contributed by atoms with E-state index in [0.29, 0.717) is 0 Å². The highest BCUT2D eigenvalue weighted by Crippen LogP contribution is 2.20. The summed E-state index contributed by atoms with van der Waals surface area (Å²) in [4.78, 5) is 10.7. The van der Waals surface area contributed by atoms with Gasteiger partial charge in [-0.2, -0.15) is 0 Å². The van der Waals surface area contributed by atoms with E-state index < -0.39 is 0 Å². The molecule has 0 aliphatic carbocycles. The van der Waals surface area contributed by atoms with Crippen LogP contribution < -0.4 is 10.5 Å². The van der Waals surface area contributed by atoms with E-state index >= 15 is 0 Å². The minimum absolute atomic E-state index is 0.289. The molecule has 0 aliphatic rings. The van der Waals surface area contributed by atoms with Crippen LogP contribution in [0.3, 0.4) is 0 Å². The van der Waals surface area contributed by atoms with Crippen molar-refractivity contribution >= 4 is 5.91 Å². The van der Waals surface area contributed by atoms with Crippen LogP contribution >= 0.6 is 0 Å². The van der Waals surface area contributed by atoms with Crippen molar-refractivity contribution in [2.75, 3.05) is 7.11 Å². The molecule has 3 heteroatoms. The topological polar surface area (TPSA) is 52.3 Å². The van der Waals surface area contributed by atoms with E-state index in [1.165, 1.54) is 0 Å². The Kier molecular flexibility index (Phi) is 3.51. The Morgan fingerprint density at radius 2 is 2.21 bits per heavy atom. The van der Waals surface area contributed by atoms with E-state index in [-0.39, 0.29) is 12.3 Å². The number of carbonyl (C=O) groups is 1. The fourth-order valence-electron chi connectivity index (χ4n) is 1.42. The molecule has 0 fully saturated rings. The van der Waals surface area contributed by atoms with Crippen molar-refractivity contribution in [3.05, 3.63) is 29.3 Å². The molecule has 14 heavy (non-hydrogen) atoms. The maximum absolute atomic E-state index is 10.7. The van der Waals surface area contributed by atoms with Gasteiger partial charge in [0.2, 0.25) is 5.91 Å². The number of methoxy groups -OCH3 is 1. The van der Waals surface area contributed by atoms with E-state index in [1.807, 2.05) is 25.1 Å². The molecule has 0 atom stereocenters. The van der Waals surface area contributed by atoms with Crippen molar-refractivity contribution in [2.45, 2.75) is 19.8 Å². The standard InChI is InChI=1S/C11H15NO2/c1-3-9-6-8(7-11(12)13)4-5-10(9)14-2/h4-6H,3,7H2,1-2H3,(H2,12,13). The highest BCUT2D eigenvalue weighted by Gasteiger charge is 2.04. The van der Waals surface area contributed by atoms with Gasteiger partial charge in [0.1, 0.15) is 5.75 Å². The van der Waals surface area contributed by atoms with Gasteiger partial charge in [-0.3, -0.25) is 4.79 Å². The molecule has 0 saturated heterocycles. The van der Waals surface area contributed by atoms with E-state index in [4.69, 9.17) is 10.5 Å². The molecule has 1 rings (SSSR count). The second kappa shape index (κ2) is 4.65. The van der Waals surface area contributed by atoms with Crippen LogP contribution in [-0.4, -0.2) is 13.0 Å². The zero-order chi connectivity index (χ0) is 10.6. The minimum Gasteiger partial charge on any atom is -0.496 e. The van der Waals surface area contributed by atoms with Crippen molar-refractivity contribution in [3.8, 4) is 5.75 Å². The number of amides is 1. The third-order valence-electron chi connectivity index (χ3n) is 2.10. The summed E-state index contributed by atoms with van der Waals surface area (Å²) in [6, 6.07) is 5.70. The van der Waals surface area contributed by atoms with Crippen LogP contribution in [0.5, 0.6) is 5.75 Å². The number of aryl methyl sites for hydroxylation is 1. The van der Waals surface area contributed by atoms with Crippen LogP contribution in [0.1, 0.15) is 18.1 Å². The fraction of sp³-hybridized carbons (Fsp3) is 0.364. The summed E-state index contributed by atoms with van der Waals surface area (Å²) >= 11 is 0. The zero-order valence-corrected chi connectivity index (χ0v) is 8.54. The van der Waals surface area contributed by atoms with E-state index in [9.17, 15) is 4.79 Å². The zero-order valence-electron chi connectivity index (χ0n) is 8.54. The lowest BCUT2D eigenvalue weighted by molar-refractivity contribution is -0.117. The van der Waals surface area contributed by atoms with Gasteiger partial charge in [0.15, 0.2) is 0 Å². The second-order valence-electron chi connectivity index (χ2n) is 3.14. The number of nitrogens with two attached hydrogens (primary N) is 1. The largest absolute Gasteiger partial charge is 0.496 e. The molecule has 3 nitrogen and oxygen atoms in total. The summed E-state index contributed by atoms with van der Waals surface area (Å²) in [6.07, 6.45) is 1.17. The van der Waals surface area contributed by atoms with Crippen LogP contribution in [0.2, 0.25) is 0 Å². The monoisotopic (exact) mass is 193 g/mol. The Labute approximate surface area is 83.9 Å². The summed E-state index contributed by atoms with van der Waals surface area (Å²) in [5.41, 5.74) is 7.16. The number of hydrogen-bond donors (Lipinski definition) is 1. The number of carbonyl (C=O) groups excluding carboxylic acids is 1. The highest BCUT2D eigenvalue weighted by atomic mass is 16.5. The molecule has 0 saturated carbocycles. The normalized spacial score (nSPS) is 9.86. The molecule has 76 valence electrons. The molecule has 0 aliphatic heterocycles. The predicted octanol–water partition coefficient (Wildman–Crippen LogP) is 1.29. The summed E-state index contributed by atoms with van der Waals surface area (Å²) < 4.78 is 5.18. The Morgan fingerprint density at radius 1 is 1.50 bits per heavy atom. The van der Waals surface area contributed by atoms with Gasteiger partial charge in [-0.15, -0.1) is 0 Å². The number of benzene rings is 1. The summed E-state index contributed by atoms with van der Waals surface area (Å²) in [5.74, 6) is 0.554. The first-order valence-electron chi connectivity index (χ1n) is 4.61. The first kappa shape index (κ1) is 10.6. The predicted molar refractivity (Wildman–Crippen MR) is 55.3 cm³/mol. The molecule has 0 heterocycles. The van der Waals surface area contributed by atoms with Gasteiger partial charge in [0.05, 0.1) is 13.5 Å². The summed E-state index contributed by atoms with van der Waals surface area (Å²) in [6.45, 7) is 2.05. The van der Waals surface area contributed by atoms with Gasteiger partial charge in [-0.25, -0.2) is 0 Å². The van der Waals surface area contributed by atoms with Crippen molar-refractivity contribution in [2.24, 2.45) is 5.73 Å². The molecule has 0 unspecified atom stereocenters. The van der Waals surface area contributed by atoms with Crippen molar-refractivity contribution in [3.63, 3.8) is 0 Å². The molecule has 1 aromatic rings. The van der Waals surface area contributed by atoms with Crippen LogP contribution in [0.15, 0.2) is 18.2 Å². The average Bonchev–Trinajstić information content (AvgIpc) is 2.16. The Bertz CT molecular complexity index is 334. The van der Waals surface area contributed by atoms with Gasteiger partial charge in [0, 0.05) is 0 Å². The molecule has 0 aromatic heterocycles. The number of ether oxygens (including phenoxy) is 1. The van der Waals surface area contributed by atoms with E-state index in [1.54, 1.807) is 7.11 Å². The number of primary amides is 1. The molecular weight excluding hydrogens is 178 g/mol. The number of hydrogen-bond acceptors (Lipinski definition) is 2. The third-order valence-corrected chi connectivity index (χ3v) is 2.10. The number of rotatable bonds is 4. The van der Waals surface area contributed by atoms with E-state index in [2.05, 4.69) is 0 Å². The third kappa shape index (κ3) is 2.49. The summed E-state index contributed by atoms with van der Waals surface area (Å²) in [7, 11) is 1.64. The van der Waals surface area contributed by atoms with Gasteiger partial charge in [-0.05, 0) is 23.6 Å². The van der Waals surface area contributed by atoms with Crippen LogP contribution in [0.25, 0.3) is 0 Å². The lowest BCUT2D eigenvalue weighted by atomic mass is 10.1. The second-order valence-corrected chi connectivity index (χ2v) is 3.14. The van der Waals surface area contributed by atoms with Gasteiger partial charge in [0.25, 0.3) is 0 Å². The molecule has 2 N–H and O–H groups in total. The molecular formula is C11H15NO2. The first-order valence-corrected chi connectivity index (χ1v) is 4.61. The highest BCUT2D eigenvalue weighted by molar-refractivity contribution is 5.76. The van der Waals surface area contributed by atoms with Crippen LogP contribution in [0, 0.1) is 0 Å². The lowest BCUT2D eigenvalue weighted by Crippen LogP contribution is -2.13. The molecule has 0 bridgehead atoms. The molecule has 1 aromatic carbocycles. The smallest absolute Gasteiger partial charge is 0.221 e. The summed E-state index contributed by atoms with van der Waals surface area (Å²) in [5, 5.41) is 0. The molecule has 0 spiro atoms. The Balaban J connectivity index is 2.95. The molecule has 0 radical (unpaired) electrons. The molecule has 1 amide bonds. The van der Waals surface area contributed by atoms with Crippen molar-refractivity contribution < 1.29 is 9.53 Å². The average molecular weight is 193 g/mol. The van der Waals surface area contributed by atoms with Crippen molar-refractivity contribution in [1.29, 1.82) is 0 Å².